The Morgan fingerprint density at radius 3 is 2.58 bits per heavy atom. The number of anilines is 1. The number of aromatic nitrogens is 4. The number of rotatable bonds is 7. The first-order valence-electron chi connectivity index (χ1n) is 14.1. The Hall–Kier alpha value is -2.40. The van der Waals surface area contributed by atoms with E-state index < -0.39 is 24.1 Å². The first-order chi connectivity index (χ1) is 18.8. The summed E-state index contributed by atoms with van der Waals surface area (Å²) in [5.41, 5.74) is 2.62. The molecule has 3 aromatic heterocycles. The number of unbranched alkanes of at least 4 members (excludes halogenated alkanes) is 1. The summed E-state index contributed by atoms with van der Waals surface area (Å²) in [5.74, 6) is 0.635. The van der Waals surface area contributed by atoms with E-state index in [-0.39, 0.29) is 18.1 Å². The van der Waals surface area contributed by atoms with Crippen LogP contribution in [0.5, 0.6) is 0 Å². The third-order valence-electron chi connectivity index (χ3n) is 7.32. The summed E-state index contributed by atoms with van der Waals surface area (Å²) in [4.78, 5) is 51.6. The third kappa shape index (κ3) is 6.10. The van der Waals surface area contributed by atoms with Crippen molar-refractivity contribution in [2.45, 2.75) is 74.2 Å². The van der Waals surface area contributed by atoms with Gasteiger partial charge in [0.15, 0.2) is 0 Å². The van der Waals surface area contributed by atoms with E-state index in [4.69, 9.17) is 21.3 Å². The summed E-state index contributed by atoms with van der Waals surface area (Å²) in [6, 6.07) is 3.75. The second kappa shape index (κ2) is 12.2. The van der Waals surface area contributed by atoms with Gasteiger partial charge in [0.2, 0.25) is 0 Å². The van der Waals surface area contributed by atoms with Gasteiger partial charge in [-0.3, -0.25) is 0 Å². The van der Waals surface area contributed by atoms with Gasteiger partial charge in [0.1, 0.15) is 0 Å². The van der Waals surface area contributed by atoms with Crippen LogP contribution in [0, 0.1) is 6.92 Å². The molecule has 0 aliphatic carbocycles. The van der Waals surface area contributed by atoms with E-state index in [1.54, 1.807) is 15.7 Å². The van der Waals surface area contributed by atoms with Gasteiger partial charge >= 0.3 is 227 Å². The molecule has 0 saturated carbocycles. The van der Waals surface area contributed by atoms with Crippen LogP contribution in [0.4, 0.5) is 10.6 Å². The van der Waals surface area contributed by atoms with Crippen LogP contribution in [0.25, 0.3) is 16.7 Å². The number of nitrogens with zero attached hydrogens (tertiary/aromatic N) is 6. The first kappa shape index (κ1) is 30.6. The molecule has 1 unspecified atom stereocenters. The fraction of sp³-hybridized carbons (Fsp3) is 0.552. The molecular formula is C29H41ClN6O3Sn. The van der Waals surface area contributed by atoms with Crippen molar-refractivity contribution >= 4 is 56.6 Å². The number of fused-ring (bicyclic) bond motifs is 1. The number of ether oxygens (including phenoxy) is 1. The van der Waals surface area contributed by atoms with Gasteiger partial charge in [-0.1, -0.05) is 13.3 Å². The molecule has 0 radical (unpaired) electrons. The van der Waals surface area contributed by atoms with E-state index in [1.807, 2.05) is 26.0 Å². The van der Waals surface area contributed by atoms with Crippen LogP contribution in [0.3, 0.4) is 0 Å². The molecule has 216 valence electrons. The third-order valence-corrected chi connectivity index (χ3v) is 13.2. The monoisotopic (exact) mass is 676 g/mol. The summed E-state index contributed by atoms with van der Waals surface area (Å²) in [5, 5.41) is 1.33. The Labute approximate surface area is 245 Å². The molecular weight excluding hydrogens is 635 g/mol. The SMILES string of the molecule is CCCCOC(=O)N1CCN(c2nc(=O)n(-c3c(C)ccnc3C(C)C)c3n[c]([Sn]([CH3])([CH3])[CH3])c(Cl)cc23)C(C)C1. The molecule has 0 bridgehead atoms. The van der Waals surface area contributed by atoms with Gasteiger partial charge in [-0.25, -0.2) is 0 Å². The summed E-state index contributed by atoms with van der Waals surface area (Å²) in [7, 11) is 0. The summed E-state index contributed by atoms with van der Waals surface area (Å²) in [6.45, 7) is 12.1. The first-order valence-corrected chi connectivity index (χ1v) is 24.5. The average Bonchev–Trinajstić information content (AvgIpc) is 2.88. The predicted octanol–water partition coefficient (Wildman–Crippen LogP) is 5.25. The molecule has 4 heterocycles. The van der Waals surface area contributed by atoms with E-state index in [9.17, 15) is 9.59 Å². The van der Waals surface area contributed by atoms with Crippen molar-refractivity contribution in [1.82, 2.24) is 24.4 Å². The van der Waals surface area contributed by atoms with Crippen molar-refractivity contribution in [1.29, 1.82) is 0 Å². The van der Waals surface area contributed by atoms with Gasteiger partial charge in [0.25, 0.3) is 0 Å². The normalized spacial score (nSPS) is 16.2. The zero-order chi connectivity index (χ0) is 29.4. The van der Waals surface area contributed by atoms with Gasteiger partial charge in [0, 0.05) is 0 Å². The van der Waals surface area contributed by atoms with Crippen LogP contribution < -0.4 is 14.3 Å². The molecule has 0 spiro atoms. The molecule has 4 rings (SSSR count). The molecule has 9 nitrogen and oxygen atoms in total. The summed E-state index contributed by atoms with van der Waals surface area (Å²) >= 11 is 4.10. The summed E-state index contributed by atoms with van der Waals surface area (Å²) < 4.78 is 7.98. The van der Waals surface area contributed by atoms with Gasteiger partial charge in [-0.2, -0.15) is 0 Å². The average molecular weight is 676 g/mol. The van der Waals surface area contributed by atoms with E-state index in [0.29, 0.717) is 48.1 Å². The van der Waals surface area contributed by atoms with Crippen LogP contribution in [0.15, 0.2) is 23.1 Å². The number of amides is 1. The molecule has 1 fully saturated rings. The van der Waals surface area contributed by atoms with Crippen molar-refractivity contribution < 1.29 is 9.53 Å². The van der Waals surface area contributed by atoms with Gasteiger partial charge < -0.3 is 0 Å². The van der Waals surface area contributed by atoms with Crippen molar-refractivity contribution in [3.8, 4) is 5.69 Å². The second-order valence-electron chi connectivity index (χ2n) is 12.0. The van der Waals surface area contributed by atoms with E-state index in [2.05, 4.69) is 50.5 Å². The van der Waals surface area contributed by atoms with Crippen molar-refractivity contribution in [3.63, 3.8) is 0 Å². The molecule has 0 N–H and O–H groups in total. The molecule has 1 saturated heterocycles. The number of pyridine rings is 2. The number of carbonyl (C=O) groups is 1. The minimum atomic E-state index is -2.78. The van der Waals surface area contributed by atoms with E-state index in [0.717, 1.165) is 33.5 Å². The fourth-order valence-electron chi connectivity index (χ4n) is 5.17. The van der Waals surface area contributed by atoms with Crippen LogP contribution in [-0.2, 0) is 4.74 Å². The molecule has 1 atom stereocenters. The topological polar surface area (TPSA) is 93.5 Å². The predicted molar refractivity (Wildman–Crippen MR) is 164 cm³/mol. The zero-order valence-corrected chi connectivity index (χ0v) is 28.5. The zero-order valence-electron chi connectivity index (χ0n) is 24.9. The standard InChI is InChI=1S/C26H32ClN6O3.3CH3.Sn/c1-6-7-12-36-26(35)31-10-11-32(18(5)15-31)24-20-13-19(27)14-29-23(20)33(25(34)30-24)22-17(4)8-9-28-21(22)16(2)3;;;;/h8-9,13,16,18H,6-7,10-12,15H2,1-5H3;3*1H3;. The van der Waals surface area contributed by atoms with Crippen molar-refractivity contribution in [2.24, 2.45) is 0 Å². The maximum absolute atomic E-state index is 14.0. The molecule has 1 aliphatic heterocycles. The van der Waals surface area contributed by atoms with Gasteiger partial charge in [-0.15, -0.1) is 0 Å². The number of piperazine rings is 1. The fourth-order valence-corrected chi connectivity index (χ4v) is 10.7. The second-order valence-corrected chi connectivity index (χ2v) is 26.6. The molecule has 0 aromatic carbocycles. The Bertz CT molecular complexity index is 1470. The van der Waals surface area contributed by atoms with Crippen LogP contribution in [-0.4, -0.2) is 81.2 Å². The van der Waals surface area contributed by atoms with Crippen LogP contribution in [0.2, 0.25) is 19.8 Å². The Morgan fingerprint density at radius 1 is 1.23 bits per heavy atom. The van der Waals surface area contributed by atoms with Crippen LogP contribution in [0.1, 0.15) is 57.7 Å². The Kier molecular flexibility index (Phi) is 9.34. The number of hydrogen-bond donors (Lipinski definition) is 0. The number of carbonyl (C=O) groups excluding carboxylic acids is 1. The Balaban J connectivity index is 1.88. The number of hydrogen-bond acceptors (Lipinski definition) is 7. The summed E-state index contributed by atoms with van der Waals surface area (Å²) in [6.07, 6.45) is 3.29. The van der Waals surface area contributed by atoms with E-state index in [1.165, 1.54) is 0 Å². The van der Waals surface area contributed by atoms with Crippen LogP contribution >= 0.6 is 11.6 Å². The number of aryl methyl sites for hydroxylation is 1. The Morgan fingerprint density at radius 2 is 1.95 bits per heavy atom. The van der Waals surface area contributed by atoms with E-state index >= 15 is 0 Å². The minimum absolute atomic E-state index is 0.0926. The molecule has 1 aliphatic rings. The van der Waals surface area contributed by atoms with Crippen molar-refractivity contribution in [2.75, 3.05) is 31.1 Å². The molecule has 40 heavy (non-hydrogen) atoms. The maximum atomic E-state index is 14.0. The molecule has 3 aromatic rings. The van der Waals surface area contributed by atoms with Gasteiger partial charge in [0.05, 0.1) is 0 Å². The number of halogens is 1. The molecule has 11 heteroatoms. The van der Waals surface area contributed by atoms with Crippen molar-refractivity contribution in [3.05, 3.63) is 45.1 Å². The quantitative estimate of drug-likeness (QED) is 0.250. The van der Waals surface area contributed by atoms with Gasteiger partial charge in [-0.05, 0) is 6.42 Å². The molecule has 1 amide bonds.